The van der Waals surface area contributed by atoms with E-state index in [1.807, 2.05) is 18.4 Å². The molecule has 0 aliphatic heterocycles. The molecule has 0 bridgehead atoms. The molecular weight excluding hydrogens is 194 g/mol. The number of thiophene rings is 1. The van der Waals surface area contributed by atoms with Crippen molar-refractivity contribution in [1.82, 2.24) is 5.32 Å². The molecule has 0 saturated heterocycles. The highest BCUT2D eigenvalue weighted by Gasteiger charge is 2.08. The van der Waals surface area contributed by atoms with Crippen molar-refractivity contribution in [1.29, 1.82) is 0 Å². The van der Waals surface area contributed by atoms with Crippen molar-refractivity contribution in [3.8, 4) is 0 Å². The second-order valence-corrected chi connectivity index (χ2v) is 4.67. The highest BCUT2D eigenvalue weighted by Crippen LogP contribution is 2.13. The van der Waals surface area contributed by atoms with Crippen LogP contribution in [0.15, 0.2) is 11.4 Å². The first kappa shape index (κ1) is 11.4. The van der Waals surface area contributed by atoms with Crippen LogP contribution in [0, 0.1) is 6.92 Å². The van der Waals surface area contributed by atoms with Gasteiger partial charge in [0, 0.05) is 21.9 Å². The second-order valence-electron chi connectivity index (χ2n) is 3.56. The number of Topliss-reactive ketones (excluding diaryl/α,β-unsaturated/α-hetero) is 1. The average molecular weight is 211 g/mol. The molecule has 2 nitrogen and oxygen atoms in total. The Labute approximate surface area is 89.3 Å². The fourth-order valence-electron chi connectivity index (χ4n) is 1.10. The molecule has 0 saturated carbocycles. The van der Waals surface area contributed by atoms with E-state index in [-0.39, 0.29) is 5.78 Å². The summed E-state index contributed by atoms with van der Waals surface area (Å²) in [5.74, 6) is 0.189. The van der Waals surface area contributed by atoms with Gasteiger partial charge in [-0.15, -0.1) is 11.3 Å². The van der Waals surface area contributed by atoms with Gasteiger partial charge in [-0.3, -0.25) is 4.79 Å². The minimum absolute atomic E-state index is 0.189. The summed E-state index contributed by atoms with van der Waals surface area (Å²) in [6, 6.07) is 2.37. The van der Waals surface area contributed by atoms with Gasteiger partial charge in [0.05, 0.1) is 6.54 Å². The van der Waals surface area contributed by atoms with E-state index in [1.54, 1.807) is 11.3 Å². The lowest BCUT2D eigenvalue weighted by Gasteiger charge is -2.09. The molecule has 0 aromatic carbocycles. The maximum absolute atomic E-state index is 11.6. The van der Waals surface area contributed by atoms with Crippen molar-refractivity contribution in [3.63, 3.8) is 0 Å². The zero-order chi connectivity index (χ0) is 10.6. The molecule has 0 aliphatic rings. The summed E-state index contributed by atoms with van der Waals surface area (Å²) in [5, 5.41) is 5.12. The Morgan fingerprint density at radius 1 is 1.64 bits per heavy atom. The fourth-order valence-corrected chi connectivity index (χ4v) is 1.81. The average Bonchev–Trinajstić information content (AvgIpc) is 2.60. The third-order valence-electron chi connectivity index (χ3n) is 2.28. The minimum Gasteiger partial charge on any atom is -0.307 e. The van der Waals surface area contributed by atoms with Gasteiger partial charge < -0.3 is 5.32 Å². The number of ketones is 1. The van der Waals surface area contributed by atoms with Gasteiger partial charge in [0.25, 0.3) is 0 Å². The van der Waals surface area contributed by atoms with Crippen molar-refractivity contribution in [3.05, 3.63) is 21.9 Å². The third kappa shape index (κ3) is 3.24. The van der Waals surface area contributed by atoms with Crippen LogP contribution in [0.25, 0.3) is 0 Å². The minimum atomic E-state index is 0.189. The van der Waals surface area contributed by atoms with E-state index in [0.29, 0.717) is 12.6 Å². The van der Waals surface area contributed by atoms with E-state index in [9.17, 15) is 4.79 Å². The van der Waals surface area contributed by atoms with Crippen LogP contribution in [-0.4, -0.2) is 18.4 Å². The Morgan fingerprint density at radius 2 is 2.36 bits per heavy atom. The molecule has 0 amide bonds. The molecule has 1 unspecified atom stereocenters. The topological polar surface area (TPSA) is 29.1 Å². The summed E-state index contributed by atoms with van der Waals surface area (Å²) in [7, 11) is 0. The summed E-state index contributed by atoms with van der Waals surface area (Å²) in [6.07, 6.45) is 1.05. The molecule has 1 rings (SSSR count). The molecule has 1 aromatic rings. The Morgan fingerprint density at radius 3 is 2.86 bits per heavy atom. The molecule has 0 aliphatic carbocycles. The van der Waals surface area contributed by atoms with Crippen LogP contribution in [0.3, 0.4) is 0 Å². The van der Waals surface area contributed by atoms with Gasteiger partial charge >= 0.3 is 0 Å². The van der Waals surface area contributed by atoms with Crippen molar-refractivity contribution >= 4 is 17.1 Å². The van der Waals surface area contributed by atoms with Crippen molar-refractivity contribution in [2.75, 3.05) is 6.54 Å². The maximum atomic E-state index is 11.6. The van der Waals surface area contributed by atoms with Gasteiger partial charge in [0.1, 0.15) is 0 Å². The van der Waals surface area contributed by atoms with Crippen LogP contribution in [0.5, 0.6) is 0 Å². The summed E-state index contributed by atoms with van der Waals surface area (Å²) in [6.45, 7) is 6.66. The fraction of sp³-hybridized carbons (Fsp3) is 0.545. The van der Waals surface area contributed by atoms with Gasteiger partial charge in [-0.2, -0.15) is 0 Å². The third-order valence-corrected chi connectivity index (χ3v) is 3.14. The largest absolute Gasteiger partial charge is 0.307 e. The van der Waals surface area contributed by atoms with E-state index in [1.165, 1.54) is 4.88 Å². The number of carbonyl (C=O) groups excluding carboxylic acids is 1. The Kier molecular flexibility index (Phi) is 4.29. The monoisotopic (exact) mass is 211 g/mol. The van der Waals surface area contributed by atoms with Crippen LogP contribution in [-0.2, 0) is 0 Å². The molecule has 14 heavy (non-hydrogen) atoms. The van der Waals surface area contributed by atoms with Gasteiger partial charge in [-0.25, -0.2) is 0 Å². The van der Waals surface area contributed by atoms with Gasteiger partial charge in [-0.1, -0.05) is 6.92 Å². The maximum Gasteiger partial charge on any atom is 0.177 e. The van der Waals surface area contributed by atoms with Crippen LogP contribution in [0.1, 0.15) is 35.5 Å². The SMILES string of the molecule is CCC(C)NCC(=O)c1csc(C)c1. The van der Waals surface area contributed by atoms with Crippen molar-refractivity contribution in [2.45, 2.75) is 33.2 Å². The number of hydrogen-bond acceptors (Lipinski definition) is 3. The van der Waals surface area contributed by atoms with Gasteiger partial charge in [0.15, 0.2) is 5.78 Å². The molecule has 1 aromatic heterocycles. The van der Waals surface area contributed by atoms with Crippen molar-refractivity contribution < 1.29 is 4.79 Å². The van der Waals surface area contributed by atoms with Gasteiger partial charge in [-0.05, 0) is 26.3 Å². The molecule has 0 radical (unpaired) electrons. The number of aryl methyl sites for hydroxylation is 1. The van der Waals surface area contributed by atoms with E-state index >= 15 is 0 Å². The highest BCUT2D eigenvalue weighted by atomic mass is 32.1. The summed E-state index contributed by atoms with van der Waals surface area (Å²) < 4.78 is 0. The Hall–Kier alpha value is -0.670. The predicted octanol–water partition coefficient (Wildman–Crippen LogP) is 2.63. The quantitative estimate of drug-likeness (QED) is 0.759. The normalized spacial score (nSPS) is 12.8. The van der Waals surface area contributed by atoms with Crippen LogP contribution >= 0.6 is 11.3 Å². The predicted molar refractivity (Wildman–Crippen MR) is 61.1 cm³/mol. The number of carbonyl (C=O) groups is 1. The lowest BCUT2D eigenvalue weighted by atomic mass is 10.2. The number of hydrogen-bond donors (Lipinski definition) is 1. The van der Waals surface area contributed by atoms with Crippen LogP contribution in [0.2, 0.25) is 0 Å². The molecule has 78 valence electrons. The molecule has 1 heterocycles. The summed E-state index contributed by atoms with van der Waals surface area (Å²) in [4.78, 5) is 12.8. The molecule has 1 atom stereocenters. The van der Waals surface area contributed by atoms with Crippen LogP contribution < -0.4 is 5.32 Å². The van der Waals surface area contributed by atoms with Crippen LogP contribution in [0.4, 0.5) is 0 Å². The molecule has 1 N–H and O–H groups in total. The first-order valence-electron chi connectivity index (χ1n) is 4.95. The Bertz CT molecular complexity index is 306. The van der Waals surface area contributed by atoms with E-state index in [0.717, 1.165) is 12.0 Å². The van der Waals surface area contributed by atoms with Crippen molar-refractivity contribution in [2.24, 2.45) is 0 Å². The standard InChI is InChI=1S/C11H17NOS/c1-4-8(2)12-6-11(13)10-5-9(3)14-7-10/h5,7-8,12H,4,6H2,1-3H3. The van der Waals surface area contributed by atoms with E-state index in [2.05, 4.69) is 19.2 Å². The smallest absolute Gasteiger partial charge is 0.177 e. The van der Waals surface area contributed by atoms with Gasteiger partial charge in [0.2, 0.25) is 0 Å². The first-order chi connectivity index (χ1) is 6.63. The first-order valence-corrected chi connectivity index (χ1v) is 5.83. The lowest BCUT2D eigenvalue weighted by molar-refractivity contribution is 0.0988. The highest BCUT2D eigenvalue weighted by molar-refractivity contribution is 7.10. The zero-order valence-electron chi connectivity index (χ0n) is 8.96. The molecular formula is C11H17NOS. The summed E-state index contributed by atoms with van der Waals surface area (Å²) >= 11 is 1.62. The number of rotatable bonds is 5. The lowest BCUT2D eigenvalue weighted by Crippen LogP contribution is -2.30. The molecule has 0 spiro atoms. The number of nitrogens with one attached hydrogen (secondary N) is 1. The summed E-state index contributed by atoms with van der Waals surface area (Å²) in [5.41, 5.74) is 0.836. The second kappa shape index (κ2) is 5.27. The van der Waals surface area contributed by atoms with E-state index in [4.69, 9.17) is 0 Å². The zero-order valence-corrected chi connectivity index (χ0v) is 9.78. The van der Waals surface area contributed by atoms with E-state index < -0.39 is 0 Å². The molecule has 3 heteroatoms. The Balaban J connectivity index is 2.43. The molecule has 0 fully saturated rings.